The number of aliphatic carboxylic acids is 1. The molecule has 0 heterocycles. The van der Waals surface area contributed by atoms with Gasteiger partial charge in [-0.15, -0.1) is 23.2 Å². The van der Waals surface area contributed by atoms with Crippen molar-refractivity contribution in [3.05, 3.63) is 29.8 Å². The average molecular weight is 327 g/mol. The molecule has 20 heavy (non-hydrogen) atoms. The first-order valence-corrected chi connectivity index (χ1v) is 7.42. The first kappa shape index (κ1) is 20.1. The molecule has 1 N–H and O–H groups in total. The van der Waals surface area contributed by atoms with Gasteiger partial charge < -0.3 is 10.0 Å². The van der Waals surface area contributed by atoms with Crippen LogP contribution in [0.5, 0.6) is 0 Å². The Morgan fingerprint density at radius 3 is 2.10 bits per heavy atom. The van der Waals surface area contributed by atoms with Crippen LogP contribution >= 0.6 is 23.2 Å². The predicted molar refractivity (Wildman–Crippen MR) is 86.4 cm³/mol. The number of hydrogen-bond acceptors (Lipinski definition) is 2. The van der Waals surface area contributed by atoms with Crippen LogP contribution in [-0.4, -0.2) is 65.5 Å². The normalized spacial score (nSPS) is 9.90. The van der Waals surface area contributed by atoms with E-state index < -0.39 is 5.97 Å². The van der Waals surface area contributed by atoms with Crippen molar-refractivity contribution in [2.75, 3.05) is 29.7 Å². The van der Waals surface area contributed by atoms with Gasteiger partial charge in [-0.05, 0) is 30.5 Å². The molecule has 1 rings (SSSR count). The molecule has 1 aromatic rings. The van der Waals surface area contributed by atoms with Crippen LogP contribution in [0, 0.1) is 0 Å². The smallest absolute Gasteiger partial charge is 0.303 e. The van der Waals surface area contributed by atoms with Crippen LogP contribution in [-0.2, 0) is 11.2 Å². The molecule has 0 amide bonds. The zero-order chi connectivity index (χ0) is 14.1. The maximum atomic E-state index is 10.4. The Bertz CT molecular complexity index is 381. The van der Waals surface area contributed by atoms with E-state index in [9.17, 15) is 4.79 Å². The number of hydrogen-bond donors (Lipinski definition) is 1. The molecule has 0 aliphatic carbocycles. The van der Waals surface area contributed by atoms with Gasteiger partial charge in [0.1, 0.15) is 0 Å². The molecule has 0 aliphatic rings. The van der Waals surface area contributed by atoms with E-state index in [2.05, 4.69) is 4.90 Å². The molecular formula is C14H19Cl2NNaO2. The van der Waals surface area contributed by atoms with Gasteiger partial charge in [0.2, 0.25) is 0 Å². The minimum Gasteiger partial charge on any atom is -0.481 e. The van der Waals surface area contributed by atoms with Gasteiger partial charge in [0.05, 0.1) is 0 Å². The Morgan fingerprint density at radius 1 is 1.10 bits per heavy atom. The van der Waals surface area contributed by atoms with E-state index in [-0.39, 0.29) is 36.0 Å². The minimum atomic E-state index is -0.743. The molecule has 1 radical (unpaired) electrons. The van der Waals surface area contributed by atoms with Gasteiger partial charge >= 0.3 is 5.97 Å². The van der Waals surface area contributed by atoms with Crippen molar-refractivity contribution in [2.45, 2.75) is 19.3 Å². The quantitative estimate of drug-likeness (QED) is 0.560. The predicted octanol–water partition coefficient (Wildman–Crippen LogP) is 3.00. The van der Waals surface area contributed by atoms with Crippen LogP contribution in [0.15, 0.2) is 24.3 Å². The van der Waals surface area contributed by atoms with E-state index in [1.807, 2.05) is 24.3 Å². The standard InChI is InChI=1S/C14H19Cl2NO2.Na/c15-8-10-17(11-9-16)13-6-4-12(5-7-13)2-1-3-14(18)19;/h4-7H,1-3,8-11H2,(H,18,19);. The second-order valence-corrected chi connectivity index (χ2v) is 5.03. The van der Waals surface area contributed by atoms with Crippen LogP contribution in [0.25, 0.3) is 0 Å². The van der Waals surface area contributed by atoms with Crippen molar-refractivity contribution in [3.8, 4) is 0 Å². The van der Waals surface area contributed by atoms with Crippen molar-refractivity contribution in [2.24, 2.45) is 0 Å². The molecular weight excluding hydrogens is 308 g/mol. The summed E-state index contributed by atoms with van der Waals surface area (Å²) in [5.41, 5.74) is 2.25. The molecule has 0 saturated heterocycles. The molecule has 0 spiro atoms. The summed E-state index contributed by atoms with van der Waals surface area (Å²) in [4.78, 5) is 12.6. The van der Waals surface area contributed by atoms with Crippen LogP contribution in [0.2, 0.25) is 0 Å². The molecule has 0 aromatic heterocycles. The van der Waals surface area contributed by atoms with E-state index in [1.165, 1.54) is 0 Å². The molecule has 3 nitrogen and oxygen atoms in total. The summed E-state index contributed by atoms with van der Waals surface area (Å²) in [6.45, 7) is 1.54. The average Bonchev–Trinajstić information content (AvgIpc) is 2.39. The van der Waals surface area contributed by atoms with Crippen molar-refractivity contribution in [3.63, 3.8) is 0 Å². The van der Waals surface area contributed by atoms with E-state index in [0.29, 0.717) is 18.2 Å². The Hall–Kier alpha value is 0.0700. The second kappa shape index (κ2) is 11.7. The molecule has 1 aromatic carbocycles. The van der Waals surface area contributed by atoms with Gasteiger partial charge in [-0.25, -0.2) is 0 Å². The molecule has 0 atom stereocenters. The summed E-state index contributed by atoms with van der Waals surface area (Å²) in [5.74, 6) is 0.390. The monoisotopic (exact) mass is 326 g/mol. The molecule has 0 bridgehead atoms. The van der Waals surface area contributed by atoms with Gasteiger partial charge in [0.25, 0.3) is 0 Å². The third kappa shape index (κ3) is 7.75. The SMILES string of the molecule is O=C(O)CCCc1ccc(N(CCCl)CCCl)cc1.[Na]. The number of benzene rings is 1. The number of nitrogens with zero attached hydrogens (tertiary/aromatic N) is 1. The van der Waals surface area contributed by atoms with Crippen molar-refractivity contribution in [1.82, 2.24) is 0 Å². The number of halogens is 2. The molecule has 0 aliphatic heterocycles. The summed E-state index contributed by atoms with van der Waals surface area (Å²) >= 11 is 11.5. The third-order valence-corrected chi connectivity index (χ3v) is 3.20. The van der Waals surface area contributed by atoms with E-state index in [1.54, 1.807) is 0 Å². The topological polar surface area (TPSA) is 40.5 Å². The number of aryl methyl sites for hydroxylation is 1. The van der Waals surface area contributed by atoms with E-state index >= 15 is 0 Å². The molecule has 0 saturated carbocycles. The number of carboxylic acids is 1. The number of anilines is 1. The van der Waals surface area contributed by atoms with Crippen molar-refractivity contribution >= 4 is 64.4 Å². The summed E-state index contributed by atoms with van der Waals surface area (Å²) < 4.78 is 0. The largest absolute Gasteiger partial charge is 0.481 e. The number of rotatable bonds is 9. The summed E-state index contributed by atoms with van der Waals surface area (Å²) in [6, 6.07) is 8.14. The first-order valence-electron chi connectivity index (χ1n) is 6.35. The van der Waals surface area contributed by atoms with Gasteiger partial charge in [-0.3, -0.25) is 4.79 Å². The van der Waals surface area contributed by atoms with Gasteiger partial charge in [0, 0.05) is 66.5 Å². The zero-order valence-electron chi connectivity index (χ0n) is 11.8. The minimum absolute atomic E-state index is 0. The summed E-state index contributed by atoms with van der Waals surface area (Å²) in [7, 11) is 0. The Labute approximate surface area is 152 Å². The summed E-state index contributed by atoms with van der Waals surface area (Å²) in [6.07, 6.45) is 1.67. The van der Waals surface area contributed by atoms with E-state index in [4.69, 9.17) is 28.3 Å². The number of carboxylic acid groups (broad SMARTS) is 1. The fraction of sp³-hybridized carbons (Fsp3) is 0.500. The molecule has 0 unspecified atom stereocenters. The van der Waals surface area contributed by atoms with Crippen LogP contribution < -0.4 is 4.90 Å². The van der Waals surface area contributed by atoms with Gasteiger partial charge in [0.15, 0.2) is 0 Å². The Balaban J connectivity index is 0.00000361. The zero-order valence-corrected chi connectivity index (χ0v) is 15.3. The number of carbonyl (C=O) groups is 1. The fourth-order valence-electron chi connectivity index (χ4n) is 1.89. The van der Waals surface area contributed by atoms with Crippen molar-refractivity contribution in [1.29, 1.82) is 0 Å². The van der Waals surface area contributed by atoms with Gasteiger partial charge in [-0.2, -0.15) is 0 Å². The van der Waals surface area contributed by atoms with E-state index in [0.717, 1.165) is 30.8 Å². The van der Waals surface area contributed by atoms with Gasteiger partial charge in [-0.1, -0.05) is 12.1 Å². The van der Waals surface area contributed by atoms with Crippen LogP contribution in [0.3, 0.4) is 0 Å². The second-order valence-electron chi connectivity index (χ2n) is 4.28. The maximum absolute atomic E-state index is 10.4. The molecule has 0 fully saturated rings. The first-order chi connectivity index (χ1) is 9.17. The fourth-order valence-corrected chi connectivity index (χ4v) is 2.30. The van der Waals surface area contributed by atoms with Crippen molar-refractivity contribution < 1.29 is 9.90 Å². The third-order valence-electron chi connectivity index (χ3n) is 2.87. The molecule has 6 heteroatoms. The van der Waals surface area contributed by atoms with Crippen LogP contribution in [0.1, 0.15) is 18.4 Å². The Morgan fingerprint density at radius 2 is 1.65 bits per heavy atom. The molecule has 107 valence electrons. The Kier molecular flexibility index (Phi) is 11.7. The summed E-state index contributed by atoms with van der Waals surface area (Å²) in [5, 5.41) is 8.59. The number of alkyl halides is 2. The maximum Gasteiger partial charge on any atom is 0.303 e. The van der Waals surface area contributed by atoms with Crippen LogP contribution in [0.4, 0.5) is 5.69 Å².